The molecule has 0 saturated carbocycles. The fourth-order valence-electron chi connectivity index (χ4n) is 2.40. The molecule has 0 unspecified atom stereocenters. The molecule has 1 amide bonds. The van der Waals surface area contributed by atoms with Gasteiger partial charge < -0.3 is 24.3 Å². The highest BCUT2D eigenvalue weighted by Gasteiger charge is 2.20. The van der Waals surface area contributed by atoms with Crippen LogP contribution in [-0.2, 0) is 9.53 Å². The van der Waals surface area contributed by atoms with E-state index in [1.807, 2.05) is 13.8 Å². The van der Waals surface area contributed by atoms with Gasteiger partial charge in [-0.1, -0.05) is 0 Å². The van der Waals surface area contributed by atoms with Crippen LogP contribution in [0.4, 0.5) is 5.82 Å². The van der Waals surface area contributed by atoms with Crippen molar-refractivity contribution in [1.29, 1.82) is 0 Å². The Morgan fingerprint density at radius 1 is 1.07 bits per heavy atom. The average Bonchev–Trinajstić information content (AvgIpc) is 3.13. The number of ether oxygens (including phenoxy) is 4. The molecular weight excluding hydrogens is 354 g/mol. The summed E-state index contributed by atoms with van der Waals surface area (Å²) in [7, 11) is 4.34. The molecule has 9 nitrogen and oxygen atoms in total. The summed E-state index contributed by atoms with van der Waals surface area (Å²) in [6.45, 7) is 3.41. The fraction of sp³-hybridized carbons (Fsp3) is 0.389. The van der Waals surface area contributed by atoms with Crippen molar-refractivity contribution in [3.05, 3.63) is 30.0 Å². The molecule has 0 fully saturated rings. The van der Waals surface area contributed by atoms with Crippen molar-refractivity contribution in [3.63, 3.8) is 0 Å². The van der Waals surface area contributed by atoms with Crippen LogP contribution in [0.5, 0.6) is 17.2 Å². The number of anilines is 1. The summed E-state index contributed by atoms with van der Waals surface area (Å²) < 4.78 is 22.3. The number of hydrogen-bond acceptors (Lipinski definition) is 7. The summed E-state index contributed by atoms with van der Waals surface area (Å²) in [6, 6.07) is 4.69. The molecule has 2 rings (SSSR count). The summed E-state index contributed by atoms with van der Waals surface area (Å²) in [5.74, 6) is 0.317. The molecule has 1 heterocycles. The maximum Gasteiger partial charge on any atom is 0.342 e. The van der Waals surface area contributed by atoms with E-state index in [1.165, 1.54) is 33.5 Å². The van der Waals surface area contributed by atoms with Crippen molar-refractivity contribution in [2.45, 2.75) is 19.9 Å². The van der Waals surface area contributed by atoms with Crippen molar-refractivity contribution in [1.82, 2.24) is 9.78 Å². The van der Waals surface area contributed by atoms with Crippen LogP contribution in [0, 0.1) is 0 Å². The first-order chi connectivity index (χ1) is 12.9. The molecule has 146 valence electrons. The Labute approximate surface area is 157 Å². The summed E-state index contributed by atoms with van der Waals surface area (Å²) in [5, 5.41) is 6.78. The Kier molecular flexibility index (Phi) is 6.64. The van der Waals surface area contributed by atoms with Crippen molar-refractivity contribution < 1.29 is 28.5 Å². The second-order valence-electron chi connectivity index (χ2n) is 5.79. The lowest BCUT2D eigenvalue weighted by molar-refractivity contribution is -0.119. The van der Waals surface area contributed by atoms with Gasteiger partial charge in [-0.2, -0.15) is 5.10 Å². The molecule has 0 aliphatic heterocycles. The van der Waals surface area contributed by atoms with Crippen LogP contribution in [0.1, 0.15) is 30.2 Å². The Bertz CT molecular complexity index is 815. The maximum absolute atomic E-state index is 12.4. The lowest BCUT2D eigenvalue weighted by atomic mass is 10.1. The van der Waals surface area contributed by atoms with E-state index >= 15 is 0 Å². The van der Waals surface area contributed by atoms with Crippen molar-refractivity contribution >= 4 is 17.7 Å². The standard InChI is InChI=1S/C18H23N3O6/c1-11(2)21-16(6-7-19-21)20-17(22)10-27-18(23)12-8-14(25-4)15(26-5)9-13(12)24-3/h6-9,11H,10H2,1-5H3,(H,20,22). The summed E-state index contributed by atoms with van der Waals surface area (Å²) in [5.41, 5.74) is 0.121. The van der Waals surface area contributed by atoms with Gasteiger partial charge in [-0.25, -0.2) is 9.48 Å². The second kappa shape index (κ2) is 8.93. The number of hydrogen-bond donors (Lipinski definition) is 1. The number of nitrogens with zero attached hydrogens (tertiary/aromatic N) is 2. The van der Waals surface area contributed by atoms with Gasteiger partial charge in [0.1, 0.15) is 17.1 Å². The van der Waals surface area contributed by atoms with E-state index in [-0.39, 0.29) is 17.4 Å². The number of methoxy groups -OCH3 is 3. The van der Waals surface area contributed by atoms with Crippen LogP contribution in [-0.4, -0.2) is 49.6 Å². The van der Waals surface area contributed by atoms with Crippen LogP contribution in [0.15, 0.2) is 24.4 Å². The molecule has 1 N–H and O–H groups in total. The number of rotatable bonds is 8. The summed E-state index contributed by atoms with van der Waals surface area (Å²) in [6.07, 6.45) is 1.58. The van der Waals surface area contributed by atoms with Crippen LogP contribution >= 0.6 is 0 Å². The molecular formula is C18H23N3O6. The molecule has 1 aromatic heterocycles. The van der Waals surface area contributed by atoms with E-state index in [2.05, 4.69) is 10.4 Å². The highest BCUT2D eigenvalue weighted by molar-refractivity contribution is 5.97. The van der Waals surface area contributed by atoms with Gasteiger partial charge in [0.05, 0.1) is 27.5 Å². The van der Waals surface area contributed by atoms with Crippen molar-refractivity contribution in [3.8, 4) is 17.2 Å². The minimum atomic E-state index is -0.722. The van der Waals surface area contributed by atoms with Gasteiger partial charge in [-0.3, -0.25) is 4.79 Å². The number of carbonyl (C=O) groups is 2. The van der Waals surface area contributed by atoms with Crippen LogP contribution in [0.25, 0.3) is 0 Å². The highest BCUT2D eigenvalue weighted by Crippen LogP contribution is 2.34. The average molecular weight is 377 g/mol. The molecule has 9 heteroatoms. The normalized spacial score (nSPS) is 10.4. The number of benzene rings is 1. The second-order valence-corrected chi connectivity index (χ2v) is 5.79. The third-order valence-corrected chi connectivity index (χ3v) is 3.69. The van der Waals surface area contributed by atoms with Crippen LogP contribution in [0.3, 0.4) is 0 Å². The molecule has 0 saturated heterocycles. The molecule has 1 aromatic carbocycles. The zero-order valence-corrected chi connectivity index (χ0v) is 15.9. The fourth-order valence-corrected chi connectivity index (χ4v) is 2.40. The van der Waals surface area contributed by atoms with Gasteiger partial charge in [-0.05, 0) is 13.8 Å². The van der Waals surface area contributed by atoms with Gasteiger partial charge in [-0.15, -0.1) is 0 Å². The molecule has 0 radical (unpaired) electrons. The predicted molar refractivity (Wildman–Crippen MR) is 97.6 cm³/mol. The first-order valence-electron chi connectivity index (χ1n) is 8.21. The summed E-state index contributed by atoms with van der Waals surface area (Å²) in [4.78, 5) is 24.5. The maximum atomic E-state index is 12.4. The van der Waals surface area contributed by atoms with Crippen LogP contribution < -0.4 is 19.5 Å². The zero-order valence-electron chi connectivity index (χ0n) is 15.9. The Hall–Kier alpha value is -3.23. The largest absolute Gasteiger partial charge is 0.496 e. The monoisotopic (exact) mass is 377 g/mol. The van der Waals surface area contributed by atoms with Gasteiger partial charge in [0.15, 0.2) is 18.1 Å². The highest BCUT2D eigenvalue weighted by atomic mass is 16.5. The van der Waals surface area contributed by atoms with Gasteiger partial charge in [0, 0.05) is 24.2 Å². The number of esters is 1. The van der Waals surface area contributed by atoms with E-state index < -0.39 is 18.5 Å². The SMILES string of the molecule is COc1cc(OC)c(C(=O)OCC(=O)Nc2ccnn2C(C)C)cc1OC. The number of carbonyl (C=O) groups excluding carboxylic acids is 2. The Morgan fingerprint density at radius 3 is 2.30 bits per heavy atom. The molecule has 0 bridgehead atoms. The Morgan fingerprint density at radius 2 is 1.70 bits per heavy atom. The number of nitrogens with one attached hydrogen (secondary N) is 1. The topological polar surface area (TPSA) is 101 Å². The lowest BCUT2D eigenvalue weighted by Crippen LogP contribution is -2.23. The van der Waals surface area contributed by atoms with Gasteiger partial charge in [0.2, 0.25) is 0 Å². The van der Waals surface area contributed by atoms with Crippen molar-refractivity contribution in [2.75, 3.05) is 33.3 Å². The molecule has 27 heavy (non-hydrogen) atoms. The molecule has 0 spiro atoms. The molecule has 2 aromatic rings. The lowest BCUT2D eigenvalue weighted by Gasteiger charge is -2.14. The summed E-state index contributed by atoms with van der Waals surface area (Å²) >= 11 is 0. The number of aromatic nitrogens is 2. The first kappa shape index (κ1) is 20.1. The van der Waals surface area contributed by atoms with Crippen LogP contribution in [0.2, 0.25) is 0 Å². The first-order valence-corrected chi connectivity index (χ1v) is 8.21. The van der Waals surface area contributed by atoms with Gasteiger partial charge in [0.25, 0.3) is 5.91 Å². The third-order valence-electron chi connectivity index (χ3n) is 3.69. The van der Waals surface area contributed by atoms with E-state index in [1.54, 1.807) is 16.9 Å². The molecule has 0 aliphatic carbocycles. The van der Waals surface area contributed by atoms with E-state index in [4.69, 9.17) is 18.9 Å². The van der Waals surface area contributed by atoms with E-state index in [0.717, 1.165) is 0 Å². The Balaban J connectivity index is 2.06. The molecule has 0 atom stereocenters. The van der Waals surface area contributed by atoms with E-state index in [9.17, 15) is 9.59 Å². The quantitative estimate of drug-likeness (QED) is 0.704. The minimum Gasteiger partial charge on any atom is -0.496 e. The number of amides is 1. The third kappa shape index (κ3) is 4.69. The van der Waals surface area contributed by atoms with E-state index in [0.29, 0.717) is 17.3 Å². The smallest absolute Gasteiger partial charge is 0.342 e. The predicted octanol–water partition coefficient (Wildman–Crippen LogP) is 2.29. The zero-order chi connectivity index (χ0) is 20.0. The van der Waals surface area contributed by atoms with Crippen molar-refractivity contribution in [2.24, 2.45) is 0 Å². The van der Waals surface area contributed by atoms with Gasteiger partial charge >= 0.3 is 5.97 Å². The minimum absolute atomic E-state index is 0.0777. The molecule has 0 aliphatic rings.